The van der Waals surface area contributed by atoms with Crippen LogP contribution >= 0.6 is 0 Å². The Kier molecular flexibility index (Phi) is 3.70. The number of nitro benzene ring substituents is 1. The summed E-state index contributed by atoms with van der Waals surface area (Å²) in [5, 5.41) is 11.1. The second kappa shape index (κ2) is 5.68. The van der Waals surface area contributed by atoms with Crippen molar-refractivity contribution >= 4 is 17.5 Å². The second-order valence-corrected chi connectivity index (χ2v) is 5.56. The first-order valence-corrected chi connectivity index (χ1v) is 7.20. The quantitative estimate of drug-likeness (QED) is 0.479. The SMILES string of the molecule is Cc1cc(C)c2c(c1)OC/C(=C\c1ccccc1[N+](=O)[O-])C2=O. The van der Waals surface area contributed by atoms with E-state index in [-0.39, 0.29) is 18.1 Å². The van der Waals surface area contributed by atoms with Crippen LogP contribution in [0.5, 0.6) is 5.75 Å². The Morgan fingerprint density at radius 1 is 1.22 bits per heavy atom. The molecule has 0 amide bonds. The minimum absolute atomic E-state index is 0.0285. The molecule has 0 saturated carbocycles. The van der Waals surface area contributed by atoms with Gasteiger partial charge in [0.2, 0.25) is 0 Å². The number of hydrogen-bond acceptors (Lipinski definition) is 4. The summed E-state index contributed by atoms with van der Waals surface area (Å²) >= 11 is 0. The van der Waals surface area contributed by atoms with E-state index in [9.17, 15) is 14.9 Å². The number of ketones is 1. The average Bonchev–Trinajstić information content (AvgIpc) is 2.49. The molecule has 0 N–H and O–H groups in total. The van der Waals surface area contributed by atoms with E-state index in [0.717, 1.165) is 11.1 Å². The van der Waals surface area contributed by atoms with Gasteiger partial charge in [0, 0.05) is 11.6 Å². The topological polar surface area (TPSA) is 69.4 Å². The number of benzene rings is 2. The number of carbonyl (C=O) groups excluding carboxylic acids is 1. The van der Waals surface area contributed by atoms with Gasteiger partial charge in [0.05, 0.1) is 16.1 Å². The fourth-order valence-corrected chi connectivity index (χ4v) is 2.79. The number of nitro groups is 1. The zero-order valence-electron chi connectivity index (χ0n) is 12.8. The molecule has 116 valence electrons. The van der Waals surface area contributed by atoms with Gasteiger partial charge < -0.3 is 4.74 Å². The zero-order chi connectivity index (χ0) is 16.6. The van der Waals surface area contributed by atoms with Crippen molar-refractivity contribution < 1.29 is 14.5 Å². The lowest BCUT2D eigenvalue weighted by Gasteiger charge is -2.21. The number of aryl methyl sites for hydroxylation is 2. The van der Waals surface area contributed by atoms with Gasteiger partial charge in [-0.15, -0.1) is 0 Å². The van der Waals surface area contributed by atoms with Crippen molar-refractivity contribution in [2.24, 2.45) is 0 Å². The van der Waals surface area contributed by atoms with Crippen LogP contribution in [0.25, 0.3) is 6.08 Å². The normalized spacial score (nSPS) is 15.2. The summed E-state index contributed by atoms with van der Waals surface area (Å²) in [4.78, 5) is 23.4. The molecule has 0 radical (unpaired) electrons. The summed E-state index contributed by atoms with van der Waals surface area (Å²) in [6.45, 7) is 3.92. The molecule has 1 aliphatic heterocycles. The van der Waals surface area contributed by atoms with Gasteiger partial charge in [-0.05, 0) is 43.2 Å². The van der Waals surface area contributed by atoms with Crippen LogP contribution in [-0.2, 0) is 0 Å². The Morgan fingerprint density at radius 2 is 1.96 bits per heavy atom. The maximum absolute atomic E-state index is 12.7. The van der Waals surface area contributed by atoms with Crippen LogP contribution in [0.15, 0.2) is 42.0 Å². The third-order valence-electron chi connectivity index (χ3n) is 3.81. The first-order valence-electron chi connectivity index (χ1n) is 7.20. The molecule has 2 aromatic carbocycles. The van der Waals surface area contributed by atoms with E-state index < -0.39 is 4.92 Å². The Morgan fingerprint density at radius 3 is 2.70 bits per heavy atom. The molecule has 2 aromatic rings. The highest BCUT2D eigenvalue weighted by molar-refractivity contribution is 6.15. The summed E-state index contributed by atoms with van der Waals surface area (Å²) in [6.07, 6.45) is 1.54. The molecule has 3 rings (SSSR count). The molecule has 5 nitrogen and oxygen atoms in total. The number of hydrogen-bond donors (Lipinski definition) is 0. The maximum Gasteiger partial charge on any atom is 0.276 e. The largest absolute Gasteiger partial charge is 0.488 e. The molecule has 0 aliphatic carbocycles. The predicted molar refractivity (Wildman–Crippen MR) is 86.8 cm³/mol. The van der Waals surface area contributed by atoms with Gasteiger partial charge in [-0.3, -0.25) is 14.9 Å². The molecular weight excluding hydrogens is 294 g/mol. The van der Waals surface area contributed by atoms with Crippen molar-refractivity contribution in [3.05, 3.63) is 74.3 Å². The lowest BCUT2D eigenvalue weighted by atomic mass is 9.93. The summed E-state index contributed by atoms with van der Waals surface area (Å²) < 4.78 is 5.68. The van der Waals surface area contributed by atoms with Gasteiger partial charge in [-0.25, -0.2) is 0 Å². The highest BCUT2D eigenvalue weighted by Crippen LogP contribution is 2.32. The molecule has 1 aliphatic rings. The second-order valence-electron chi connectivity index (χ2n) is 5.56. The standard InChI is InChI=1S/C18H15NO4/c1-11-7-12(2)17-16(8-11)23-10-14(18(17)20)9-13-5-3-4-6-15(13)19(21)22/h3-9H,10H2,1-2H3/b14-9+. The first-order chi connectivity index (χ1) is 11.0. The zero-order valence-corrected chi connectivity index (χ0v) is 12.8. The molecule has 0 bridgehead atoms. The highest BCUT2D eigenvalue weighted by atomic mass is 16.6. The van der Waals surface area contributed by atoms with E-state index in [1.165, 1.54) is 6.07 Å². The molecule has 5 heteroatoms. The maximum atomic E-state index is 12.7. The van der Waals surface area contributed by atoms with Crippen LogP contribution in [0.1, 0.15) is 27.0 Å². The third kappa shape index (κ3) is 2.73. The van der Waals surface area contributed by atoms with E-state index in [1.807, 2.05) is 26.0 Å². The predicted octanol–water partition coefficient (Wildman–Crippen LogP) is 3.87. The van der Waals surface area contributed by atoms with Crippen molar-refractivity contribution in [1.82, 2.24) is 0 Å². The molecule has 23 heavy (non-hydrogen) atoms. The van der Waals surface area contributed by atoms with Crippen LogP contribution in [0.3, 0.4) is 0 Å². The van der Waals surface area contributed by atoms with Crippen molar-refractivity contribution in [2.75, 3.05) is 6.61 Å². The van der Waals surface area contributed by atoms with Crippen LogP contribution in [-0.4, -0.2) is 17.3 Å². The van der Waals surface area contributed by atoms with Crippen LogP contribution in [0, 0.1) is 24.0 Å². The molecule has 0 unspecified atom stereocenters. The number of rotatable bonds is 2. The third-order valence-corrected chi connectivity index (χ3v) is 3.81. The Labute approximate surface area is 133 Å². The number of Topliss-reactive ketones (excluding diaryl/α,β-unsaturated/α-hetero) is 1. The molecule has 0 aromatic heterocycles. The number of carbonyl (C=O) groups is 1. The van der Waals surface area contributed by atoms with E-state index in [4.69, 9.17) is 4.74 Å². The smallest absolute Gasteiger partial charge is 0.276 e. The number of ether oxygens (including phenoxy) is 1. The van der Waals surface area contributed by atoms with Crippen molar-refractivity contribution in [3.8, 4) is 5.75 Å². The van der Waals surface area contributed by atoms with Crippen LogP contribution in [0.2, 0.25) is 0 Å². The molecule has 0 spiro atoms. The molecular formula is C18H15NO4. The Bertz CT molecular complexity index is 852. The fraction of sp³-hybridized carbons (Fsp3) is 0.167. The van der Waals surface area contributed by atoms with Gasteiger partial charge in [0.1, 0.15) is 12.4 Å². The number of nitrogens with zero attached hydrogens (tertiary/aromatic N) is 1. The number of fused-ring (bicyclic) bond motifs is 1. The van der Waals surface area contributed by atoms with Crippen molar-refractivity contribution in [1.29, 1.82) is 0 Å². The fourth-order valence-electron chi connectivity index (χ4n) is 2.79. The molecule has 0 fully saturated rings. The molecule has 1 heterocycles. The minimum atomic E-state index is -0.455. The number of para-hydroxylation sites is 1. The Hall–Kier alpha value is -2.95. The van der Waals surface area contributed by atoms with Gasteiger partial charge in [-0.2, -0.15) is 0 Å². The first kappa shape index (κ1) is 15.0. The lowest BCUT2D eigenvalue weighted by molar-refractivity contribution is -0.385. The van der Waals surface area contributed by atoms with E-state index >= 15 is 0 Å². The van der Waals surface area contributed by atoms with Gasteiger partial charge in [0.25, 0.3) is 5.69 Å². The van der Waals surface area contributed by atoms with Gasteiger partial charge >= 0.3 is 0 Å². The van der Waals surface area contributed by atoms with Gasteiger partial charge in [0.15, 0.2) is 5.78 Å². The monoisotopic (exact) mass is 309 g/mol. The lowest BCUT2D eigenvalue weighted by Crippen LogP contribution is -2.20. The summed E-state index contributed by atoms with van der Waals surface area (Å²) in [5.41, 5.74) is 3.20. The van der Waals surface area contributed by atoms with Crippen LogP contribution in [0.4, 0.5) is 5.69 Å². The summed E-state index contributed by atoms with van der Waals surface area (Å²) in [5.74, 6) is 0.439. The Balaban J connectivity index is 2.07. The van der Waals surface area contributed by atoms with Crippen molar-refractivity contribution in [2.45, 2.75) is 13.8 Å². The summed E-state index contributed by atoms with van der Waals surface area (Å²) in [6, 6.07) is 10.1. The van der Waals surface area contributed by atoms with E-state index in [1.54, 1.807) is 24.3 Å². The summed E-state index contributed by atoms with van der Waals surface area (Å²) in [7, 11) is 0. The van der Waals surface area contributed by atoms with Gasteiger partial charge in [-0.1, -0.05) is 18.2 Å². The molecule has 0 atom stereocenters. The van der Waals surface area contributed by atoms with Crippen molar-refractivity contribution in [3.63, 3.8) is 0 Å². The highest BCUT2D eigenvalue weighted by Gasteiger charge is 2.26. The average molecular weight is 309 g/mol. The van der Waals surface area contributed by atoms with E-state index in [0.29, 0.717) is 22.4 Å². The van der Waals surface area contributed by atoms with Crippen LogP contribution < -0.4 is 4.74 Å². The van der Waals surface area contributed by atoms with E-state index in [2.05, 4.69) is 0 Å². The molecule has 0 saturated heterocycles. The minimum Gasteiger partial charge on any atom is -0.488 e.